The largest absolute Gasteiger partial charge is 0.345 e. The maximum absolute atomic E-state index is 2.17. The molecule has 3 rings (SSSR count). The van der Waals surface area contributed by atoms with E-state index >= 15 is 0 Å². The number of rotatable bonds is 2. The van der Waals surface area contributed by atoms with E-state index in [-0.39, 0.29) is 0 Å². The minimum Gasteiger partial charge on any atom is -0.345 e. The van der Waals surface area contributed by atoms with Gasteiger partial charge in [-0.05, 0) is 24.3 Å². The van der Waals surface area contributed by atoms with Gasteiger partial charge in [-0.15, -0.1) is 0 Å². The smallest absolute Gasteiger partial charge is 0.0408 e. The average molecular weight is 352 g/mol. The first-order valence-electron chi connectivity index (χ1n) is 9.72. The van der Waals surface area contributed by atoms with Gasteiger partial charge in [0, 0.05) is 18.4 Å². The molecular weight excluding hydrogens is 314 g/mol. The molecular formula is C25H37N. The van der Waals surface area contributed by atoms with E-state index in [1.54, 1.807) is 0 Å². The van der Waals surface area contributed by atoms with Gasteiger partial charge in [0.2, 0.25) is 0 Å². The van der Waals surface area contributed by atoms with Gasteiger partial charge in [-0.1, -0.05) is 114 Å². The Hall–Kier alpha value is -2.54. The molecule has 1 heteroatoms. The first kappa shape index (κ1) is 25.7. The second kappa shape index (κ2) is 20.5. The highest BCUT2D eigenvalue weighted by molar-refractivity contribution is 5.61. The van der Waals surface area contributed by atoms with Crippen molar-refractivity contribution in [2.75, 3.05) is 11.9 Å². The number of hydrogen-bond donors (Lipinski definition) is 0. The Morgan fingerprint density at radius 2 is 0.577 bits per heavy atom. The number of anilines is 2. The quantitative estimate of drug-likeness (QED) is 0.449. The lowest BCUT2D eigenvalue weighted by Crippen LogP contribution is -2.08. The molecule has 0 aliphatic heterocycles. The lowest BCUT2D eigenvalue weighted by atomic mass is 10.2. The maximum Gasteiger partial charge on any atom is 0.0408 e. The first-order chi connectivity index (χ1) is 12.9. The molecule has 142 valence electrons. The zero-order chi connectivity index (χ0) is 20.0. The second-order valence-electron chi connectivity index (χ2n) is 4.38. The molecule has 0 spiro atoms. The van der Waals surface area contributed by atoms with Gasteiger partial charge in [0.05, 0.1) is 0 Å². The van der Waals surface area contributed by atoms with Gasteiger partial charge < -0.3 is 4.90 Å². The molecule has 0 N–H and O–H groups in total. The summed E-state index contributed by atoms with van der Waals surface area (Å²) in [5.41, 5.74) is 2.41. The van der Waals surface area contributed by atoms with Gasteiger partial charge in [0.25, 0.3) is 0 Å². The van der Waals surface area contributed by atoms with Crippen molar-refractivity contribution in [2.45, 2.75) is 41.5 Å². The Bertz CT molecular complexity index is 510. The molecule has 0 saturated heterocycles. The Morgan fingerprint density at radius 1 is 0.385 bits per heavy atom. The predicted octanol–water partition coefficient (Wildman–Crippen LogP) is 8.22. The summed E-state index contributed by atoms with van der Waals surface area (Å²) in [5.74, 6) is 0. The van der Waals surface area contributed by atoms with Crippen molar-refractivity contribution in [3.63, 3.8) is 0 Å². The van der Waals surface area contributed by atoms with Crippen molar-refractivity contribution in [3.8, 4) is 0 Å². The van der Waals surface area contributed by atoms with Crippen molar-refractivity contribution >= 4 is 11.4 Å². The van der Waals surface area contributed by atoms with Crippen LogP contribution in [0, 0.1) is 0 Å². The normalized spacial score (nSPS) is 7.81. The van der Waals surface area contributed by atoms with Gasteiger partial charge in [-0.25, -0.2) is 0 Å². The van der Waals surface area contributed by atoms with Crippen molar-refractivity contribution < 1.29 is 0 Å². The summed E-state index contributed by atoms with van der Waals surface area (Å²) < 4.78 is 0. The standard InChI is InChI=1S/C13H13N.C6H6.3C2H6/c1-14(12-8-4-2-5-9-12)13-10-6-3-7-11-13;1-2-4-6-5-3-1;3*1-2/h2-11H,1H3;1-6H;3*1-2H3. The molecule has 0 radical (unpaired) electrons. The number of para-hydroxylation sites is 2. The summed E-state index contributed by atoms with van der Waals surface area (Å²) in [7, 11) is 2.07. The molecule has 0 aliphatic rings. The molecule has 26 heavy (non-hydrogen) atoms. The van der Waals surface area contributed by atoms with Gasteiger partial charge in [-0.3, -0.25) is 0 Å². The third-order valence-electron chi connectivity index (χ3n) is 2.95. The molecule has 0 atom stereocenters. The van der Waals surface area contributed by atoms with Crippen molar-refractivity contribution in [1.82, 2.24) is 0 Å². The lowest BCUT2D eigenvalue weighted by molar-refractivity contribution is 1.21. The number of hydrogen-bond acceptors (Lipinski definition) is 1. The Morgan fingerprint density at radius 3 is 0.808 bits per heavy atom. The molecule has 0 bridgehead atoms. The van der Waals surface area contributed by atoms with Gasteiger partial charge >= 0.3 is 0 Å². The third kappa shape index (κ3) is 11.9. The molecule has 3 aromatic carbocycles. The van der Waals surface area contributed by atoms with Crippen LogP contribution in [-0.4, -0.2) is 7.05 Å². The fourth-order valence-corrected chi connectivity index (χ4v) is 1.84. The van der Waals surface area contributed by atoms with E-state index in [1.807, 2.05) is 90.1 Å². The molecule has 0 heterocycles. The van der Waals surface area contributed by atoms with Crippen LogP contribution in [0.4, 0.5) is 11.4 Å². The Kier molecular flexibility index (Phi) is 20.3. The topological polar surface area (TPSA) is 3.24 Å². The first-order valence-corrected chi connectivity index (χ1v) is 9.72. The van der Waals surface area contributed by atoms with Gasteiger partial charge in [-0.2, -0.15) is 0 Å². The Labute approximate surface area is 162 Å². The van der Waals surface area contributed by atoms with E-state index in [0.717, 1.165) is 0 Å². The molecule has 3 aromatic rings. The summed E-state index contributed by atoms with van der Waals surface area (Å²) in [6.45, 7) is 12.0. The summed E-state index contributed by atoms with van der Waals surface area (Å²) in [5, 5.41) is 0. The summed E-state index contributed by atoms with van der Waals surface area (Å²) in [4.78, 5) is 2.17. The van der Waals surface area contributed by atoms with Crippen molar-refractivity contribution in [1.29, 1.82) is 0 Å². The third-order valence-corrected chi connectivity index (χ3v) is 2.95. The zero-order valence-corrected chi connectivity index (χ0v) is 17.7. The highest BCUT2D eigenvalue weighted by Gasteiger charge is 2.00. The molecule has 0 fully saturated rings. The summed E-state index contributed by atoms with van der Waals surface area (Å²) in [6, 6.07) is 32.7. The van der Waals surface area contributed by atoms with Crippen LogP contribution in [0.15, 0.2) is 97.1 Å². The highest BCUT2D eigenvalue weighted by Crippen LogP contribution is 2.21. The summed E-state index contributed by atoms with van der Waals surface area (Å²) >= 11 is 0. The van der Waals surface area contributed by atoms with Gasteiger partial charge in [0.1, 0.15) is 0 Å². The fraction of sp³-hybridized carbons (Fsp3) is 0.280. The SMILES string of the molecule is CC.CC.CC.CN(c1ccccc1)c1ccccc1.c1ccccc1. The average Bonchev–Trinajstić information content (AvgIpc) is 2.80. The van der Waals surface area contributed by atoms with Crippen LogP contribution < -0.4 is 4.90 Å². The van der Waals surface area contributed by atoms with Crippen LogP contribution in [0.2, 0.25) is 0 Å². The number of benzene rings is 3. The van der Waals surface area contributed by atoms with Crippen LogP contribution in [-0.2, 0) is 0 Å². The molecule has 1 nitrogen and oxygen atoms in total. The second-order valence-corrected chi connectivity index (χ2v) is 4.38. The van der Waals surface area contributed by atoms with E-state index in [4.69, 9.17) is 0 Å². The van der Waals surface area contributed by atoms with Crippen LogP contribution in [0.1, 0.15) is 41.5 Å². The lowest BCUT2D eigenvalue weighted by Gasteiger charge is -2.18. The van der Waals surface area contributed by atoms with Crippen molar-refractivity contribution in [3.05, 3.63) is 97.1 Å². The van der Waals surface area contributed by atoms with Gasteiger partial charge in [0.15, 0.2) is 0 Å². The van der Waals surface area contributed by atoms with E-state index in [0.29, 0.717) is 0 Å². The highest BCUT2D eigenvalue weighted by atomic mass is 15.1. The van der Waals surface area contributed by atoms with E-state index in [2.05, 4.69) is 60.5 Å². The van der Waals surface area contributed by atoms with E-state index in [9.17, 15) is 0 Å². The molecule has 0 aromatic heterocycles. The minimum atomic E-state index is 1.21. The summed E-state index contributed by atoms with van der Waals surface area (Å²) in [6.07, 6.45) is 0. The predicted molar refractivity (Wildman–Crippen MR) is 121 cm³/mol. The Balaban J connectivity index is 0. The molecule has 0 amide bonds. The van der Waals surface area contributed by atoms with Crippen LogP contribution in [0.25, 0.3) is 0 Å². The van der Waals surface area contributed by atoms with Crippen molar-refractivity contribution in [2.24, 2.45) is 0 Å². The van der Waals surface area contributed by atoms with Crippen LogP contribution in [0.3, 0.4) is 0 Å². The minimum absolute atomic E-state index is 1.21. The molecule has 0 aliphatic carbocycles. The van der Waals surface area contributed by atoms with Crippen LogP contribution >= 0.6 is 0 Å². The van der Waals surface area contributed by atoms with E-state index < -0.39 is 0 Å². The number of nitrogens with zero attached hydrogens (tertiary/aromatic N) is 1. The molecule has 0 saturated carbocycles. The molecule has 0 unspecified atom stereocenters. The maximum atomic E-state index is 2.17. The van der Waals surface area contributed by atoms with Crippen LogP contribution in [0.5, 0.6) is 0 Å². The zero-order valence-electron chi connectivity index (χ0n) is 17.7. The fourth-order valence-electron chi connectivity index (χ4n) is 1.84. The van der Waals surface area contributed by atoms with E-state index in [1.165, 1.54) is 11.4 Å². The monoisotopic (exact) mass is 351 g/mol.